The Labute approximate surface area is 193 Å². The SMILES string of the molecule is C=CCn1c(-c2sc(NC(=O)CCc3nnc(-c4ccc(C)cc4)o3)nc2C)n[nH]c1=S. The second-order valence-electron chi connectivity index (χ2n) is 7.10. The van der Waals surface area contributed by atoms with Crippen molar-refractivity contribution < 1.29 is 9.21 Å². The van der Waals surface area contributed by atoms with Crippen LogP contribution in [0.1, 0.15) is 23.6 Å². The number of amides is 1. The number of aryl methyl sites for hydroxylation is 3. The van der Waals surface area contributed by atoms with E-state index < -0.39 is 0 Å². The van der Waals surface area contributed by atoms with Gasteiger partial charge in [0.2, 0.25) is 17.7 Å². The van der Waals surface area contributed by atoms with Gasteiger partial charge in [0.25, 0.3) is 0 Å². The molecule has 11 heteroatoms. The molecule has 4 rings (SSSR count). The molecule has 0 aliphatic heterocycles. The fourth-order valence-electron chi connectivity index (χ4n) is 3.02. The first-order valence-corrected chi connectivity index (χ1v) is 11.1. The van der Waals surface area contributed by atoms with Crippen LogP contribution in [-0.2, 0) is 17.8 Å². The summed E-state index contributed by atoms with van der Waals surface area (Å²) >= 11 is 6.61. The van der Waals surface area contributed by atoms with Gasteiger partial charge in [-0.15, -0.1) is 16.8 Å². The third kappa shape index (κ3) is 4.73. The number of H-pyrrole nitrogens is 1. The number of nitrogens with zero attached hydrogens (tertiary/aromatic N) is 5. The monoisotopic (exact) mass is 467 g/mol. The summed E-state index contributed by atoms with van der Waals surface area (Å²) in [7, 11) is 0. The van der Waals surface area contributed by atoms with E-state index in [0.29, 0.717) is 40.5 Å². The third-order valence-electron chi connectivity index (χ3n) is 4.65. The number of thiazole rings is 1. The number of aromatic nitrogens is 6. The number of rotatable bonds is 8. The molecular formula is C21H21N7O2S2. The van der Waals surface area contributed by atoms with Gasteiger partial charge in [-0.25, -0.2) is 4.98 Å². The molecule has 0 aliphatic rings. The van der Waals surface area contributed by atoms with E-state index >= 15 is 0 Å². The summed E-state index contributed by atoms with van der Waals surface area (Å²) in [6, 6.07) is 7.81. The van der Waals surface area contributed by atoms with Crippen molar-refractivity contribution in [3.63, 3.8) is 0 Å². The fourth-order valence-corrected chi connectivity index (χ4v) is 4.20. The van der Waals surface area contributed by atoms with Crippen LogP contribution in [0.25, 0.3) is 22.2 Å². The summed E-state index contributed by atoms with van der Waals surface area (Å²) in [4.78, 5) is 17.7. The molecule has 32 heavy (non-hydrogen) atoms. The second kappa shape index (κ2) is 9.37. The first-order valence-electron chi connectivity index (χ1n) is 9.87. The van der Waals surface area contributed by atoms with Crippen molar-refractivity contribution in [1.82, 2.24) is 29.9 Å². The van der Waals surface area contributed by atoms with E-state index in [9.17, 15) is 4.79 Å². The molecule has 0 unspecified atom stereocenters. The van der Waals surface area contributed by atoms with Crippen molar-refractivity contribution in [2.24, 2.45) is 0 Å². The highest BCUT2D eigenvalue weighted by Crippen LogP contribution is 2.31. The van der Waals surface area contributed by atoms with Gasteiger partial charge in [-0.1, -0.05) is 35.1 Å². The number of aromatic amines is 1. The van der Waals surface area contributed by atoms with E-state index in [2.05, 4.69) is 37.3 Å². The summed E-state index contributed by atoms with van der Waals surface area (Å²) in [6.07, 6.45) is 2.27. The number of anilines is 1. The van der Waals surface area contributed by atoms with E-state index in [1.165, 1.54) is 11.3 Å². The Morgan fingerprint density at radius 2 is 2.09 bits per heavy atom. The molecule has 9 nitrogen and oxygen atoms in total. The van der Waals surface area contributed by atoms with Crippen LogP contribution in [0.5, 0.6) is 0 Å². The number of nitrogens with one attached hydrogen (secondary N) is 2. The van der Waals surface area contributed by atoms with Crippen LogP contribution in [0.2, 0.25) is 0 Å². The van der Waals surface area contributed by atoms with Gasteiger partial charge in [0.1, 0.15) is 0 Å². The number of allylic oxidation sites excluding steroid dienone is 1. The fraction of sp³-hybridized carbons (Fsp3) is 0.238. The number of carbonyl (C=O) groups is 1. The molecule has 0 saturated carbocycles. The lowest BCUT2D eigenvalue weighted by atomic mass is 10.1. The largest absolute Gasteiger partial charge is 0.421 e. The highest BCUT2D eigenvalue weighted by Gasteiger charge is 2.18. The molecule has 0 bridgehead atoms. The van der Waals surface area contributed by atoms with Gasteiger partial charge < -0.3 is 9.73 Å². The number of carbonyl (C=O) groups excluding carboxylic acids is 1. The molecular weight excluding hydrogens is 446 g/mol. The highest BCUT2D eigenvalue weighted by molar-refractivity contribution is 7.71. The van der Waals surface area contributed by atoms with Gasteiger partial charge in [-0.3, -0.25) is 14.5 Å². The smallest absolute Gasteiger partial charge is 0.247 e. The maximum Gasteiger partial charge on any atom is 0.247 e. The first kappa shape index (κ1) is 21.8. The van der Waals surface area contributed by atoms with Crippen molar-refractivity contribution in [3.8, 4) is 22.2 Å². The van der Waals surface area contributed by atoms with Crippen molar-refractivity contribution in [2.75, 3.05) is 5.32 Å². The molecule has 0 atom stereocenters. The molecule has 0 radical (unpaired) electrons. The maximum absolute atomic E-state index is 12.4. The topological polar surface area (TPSA) is 115 Å². The minimum Gasteiger partial charge on any atom is -0.421 e. The predicted octanol–water partition coefficient (Wildman–Crippen LogP) is 4.49. The standard InChI is InChI=1S/C21H21N7O2S2/c1-4-11-28-18(25-27-21(28)31)17-13(3)22-20(32-17)23-15(29)9-10-16-24-26-19(30-16)14-7-5-12(2)6-8-14/h4-8H,1,9-11H2,2-3H3,(H,27,31)(H,22,23,29). The van der Waals surface area contributed by atoms with Crippen LogP contribution in [0.15, 0.2) is 41.3 Å². The Morgan fingerprint density at radius 1 is 1.31 bits per heavy atom. The molecule has 164 valence electrons. The summed E-state index contributed by atoms with van der Waals surface area (Å²) in [5, 5.41) is 18.5. The molecule has 3 aromatic heterocycles. The van der Waals surface area contributed by atoms with Crippen molar-refractivity contribution in [1.29, 1.82) is 0 Å². The summed E-state index contributed by atoms with van der Waals surface area (Å²) in [6.45, 7) is 8.15. The Morgan fingerprint density at radius 3 is 2.84 bits per heavy atom. The summed E-state index contributed by atoms with van der Waals surface area (Å²) < 4.78 is 8.01. The van der Waals surface area contributed by atoms with E-state index in [-0.39, 0.29) is 12.3 Å². The lowest BCUT2D eigenvalue weighted by molar-refractivity contribution is -0.116. The van der Waals surface area contributed by atoms with Gasteiger partial charge in [0.05, 0.1) is 10.6 Å². The van der Waals surface area contributed by atoms with Gasteiger partial charge in [0.15, 0.2) is 15.7 Å². The van der Waals surface area contributed by atoms with Crippen LogP contribution >= 0.6 is 23.6 Å². The van der Waals surface area contributed by atoms with Crippen LogP contribution in [0, 0.1) is 18.6 Å². The highest BCUT2D eigenvalue weighted by atomic mass is 32.1. The second-order valence-corrected chi connectivity index (χ2v) is 8.49. The molecule has 3 heterocycles. The Balaban J connectivity index is 1.39. The quantitative estimate of drug-likeness (QED) is 0.290. The number of hydrogen-bond acceptors (Lipinski definition) is 8. The van der Waals surface area contributed by atoms with Gasteiger partial charge in [-0.2, -0.15) is 5.10 Å². The Hall–Kier alpha value is -3.44. The molecule has 0 saturated heterocycles. The summed E-state index contributed by atoms with van der Waals surface area (Å²) in [5.41, 5.74) is 2.75. The van der Waals surface area contributed by atoms with Gasteiger partial charge in [-0.05, 0) is 38.2 Å². The zero-order valence-corrected chi connectivity index (χ0v) is 19.2. The third-order valence-corrected chi connectivity index (χ3v) is 6.03. The summed E-state index contributed by atoms with van der Waals surface area (Å²) in [5.74, 6) is 1.32. The average molecular weight is 468 g/mol. The zero-order valence-electron chi connectivity index (χ0n) is 17.6. The minimum absolute atomic E-state index is 0.189. The lowest BCUT2D eigenvalue weighted by Gasteiger charge is -2.01. The Bertz CT molecular complexity index is 1310. The molecule has 0 aliphatic carbocycles. The Kier molecular flexibility index (Phi) is 6.37. The van der Waals surface area contributed by atoms with Crippen LogP contribution in [-0.4, -0.2) is 35.9 Å². The van der Waals surface area contributed by atoms with E-state index in [1.807, 2.05) is 42.7 Å². The molecule has 1 amide bonds. The molecule has 2 N–H and O–H groups in total. The first-order chi connectivity index (χ1) is 15.4. The predicted molar refractivity (Wildman–Crippen MR) is 125 cm³/mol. The average Bonchev–Trinajstić information content (AvgIpc) is 3.47. The minimum atomic E-state index is -0.189. The zero-order chi connectivity index (χ0) is 22.7. The molecule has 0 fully saturated rings. The van der Waals surface area contributed by atoms with Crippen LogP contribution in [0.3, 0.4) is 0 Å². The van der Waals surface area contributed by atoms with E-state index in [0.717, 1.165) is 21.7 Å². The van der Waals surface area contributed by atoms with Crippen molar-refractivity contribution in [3.05, 3.63) is 58.8 Å². The molecule has 1 aromatic carbocycles. The number of benzene rings is 1. The van der Waals surface area contributed by atoms with Gasteiger partial charge in [0, 0.05) is 24.9 Å². The lowest BCUT2D eigenvalue weighted by Crippen LogP contribution is -2.12. The molecule has 0 spiro atoms. The van der Waals surface area contributed by atoms with Crippen LogP contribution in [0.4, 0.5) is 5.13 Å². The normalized spacial score (nSPS) is 10.9. The molecule has 4 aromatic rings. The van der Waals surface area contributed by atoms with Gasteiger partial charge >= 0.3 is 0 Å². The maximum atomic E-state index is 12.4. The van der Waals surface area contributed by atoms with E-state index in [1.54, 1.807) is 6.08 Å². The number of hydrogen-bond donors (Lipinski definition) is 2. The van der Waals surface area contributed by atoms with E-state index in [4.69, 9.17) is 16.6 Å². The van der Waals surface area contributed by atoms with Crippen LogP contribution < -0.4 is 5.32 Å². The van der Waals surface area contributed by atoms with Crippen molar-refractivity contribution >= 4 is 34.6 Å². The van der Waals surface area contributed by atoms with Crippen molar-refractivity contribution in [2.45, 2.75) is 33.2 Å².